The number of benzene rings is 1. The summed E-state index contributed by atoms with van der Waals surface area (Å²) in [4.78, 5) is 11.2. The van der Waals surface area contributed by atoms with Crippen molar-refractivity contribution in [1.29, 1.82) is 0 Å². The Labute approximate surface area is 95.7 Å². The molecular formula is C11H10FNO2S. The van der Waals surface area contributed by atoms with Crippen molar-refractivity contribution in [2.24, 2.45) is 0 Å². The van der Waals surface area contributed by atoms with E-state index in [1.54, 1.807) is 29.8 Å². The van der Waals surface area contributed by atoms with Gasteiger partial charge < -0.3 is 9.30 Å². The number of halogens is 1. The van der Waals surface area contributed by atoms with Crippen LogP contribution in [0.2, 0.25) is 0 Å². The zero-order valence-electron chi connectivity index (χ0n) is 8.64. The molecule has 0 radical (unpaired) electrons. The first-order chi connectivity index (χ1) is 7.72. The Morgan fingerprint density at radius 2 is 2.31 bits per heavy atom. The predicted molar refractivity (Wildman–Crippen MR) is 60.6 cm³/mol. The van der Waals surface area contributed by atoms with Crippen LogP contribution in [-0.4, -0.2) is 11.7 Å². The topological polar surface area (TPSA) is 31.2 Å². The van der Waals surface area contributed by atoms with Crippen molar-refractivity contribution < 1.29 is 9.13 Å². The van der Waals surface area contributed by atoms with Crippen molar-refractivity contribution in [3.63, 3.8) is 0 Å². The first-order valence-electron chi connectivity index (χ1n) is 4.67. The Morgan fingerprint density at radius 1 is 1.50 bits per heavy atom. The zero-order chi connectivity index (χ0) is 11.5. The summed E-state index contributed by atoms with van der Waals surface area (Å²) in [6, 6.07) is 4.89. The molecule has 0 spiro atoms. The molecule has 0 amide bonds. The van der Waals surface area contributed by atoms with Gasteiger partial charge >= 0.3 is 4.87 Å². The molecular weight excluding hydrogens is 229 g/mol. The van der Waals surface area contributed by atoms with Gasteiger partial charge in [0.1, 0.15) is 0 Å². The molecule has 0 unspecified atom stereocenters. The van der Waals surface area contributed by atoms with Gasteiger partial charge in [0.05, 0.1) is 13.7 Å². The Morgan fingerprint density at radius 3 is 2.94 bits per heavy atom. The van der Waals surface area contributed by atoms with Crippen LogP contribution in [0.3, 0.4) is 0 Å². The number of hydrogen-bond donors (Lipinski definition) is 0. The second kappa shape index (κ2) is 4.49. The van der Waals surface area contributed by atoms with E-state index in [4.69, 9.17) is 4.74 Å². The van der Waals surface area contributed by atoms with Gasteiger partial charge in [-0.1, -0.05) is 23.5 Å². The standard InChI is InChI=1S/C11H10FNO2S/c1-15-9-4-2-3-8(10(9)12)7-13-5-6-16-11(13)14/h2-6H,7H2,1H3. The van der Waals surface area contributed by atoms with Crippen LogP contribution in [0.1, 0.15) is 5.56 Å². The summed E-state index contributed by atoms with van der Waals surface area (Å²) in [5.74, 6) is -0.219. The average molecular weight is 239 g/mol. The average Bonchev–Trinajstić information content (AvgIpc) is 2.68. The minimum Gasteiger partial charge on any atom is -0.494 e. The molecule has 84 valence electrons. The maximum absolute atomic E-state index is 13.8. The quantitative estimate of drug-likeness (QED) is 0.821. The molecule has 3 nitrogen and oxygen atoms in total. The number of hydrogen-bond acceptors (Lipinski definition) is 3. The van der Waals surface area contributed by atoms with Crippen LogP contribution < -0.4 is 9.61 Å². The summed E-state index contributed by atoms with van der Waals surface area (Å²) in [6.45, 7) is 0.228. The molecule has 2 rings (SSSR count). The molecule has 0 saturated carbocycles. The fourth-order valence-electron chi connectivity index (χ4n) is 1.43. The van der Waals surface area contributed by atoms with E-state index in [0.717, 1.165) is 11.3 Å². The lowest BCUT2D eigenvalue weighted by Crippen LogP contribution is -2.13. The summed E-state index contributed by atoms with van der Waals surface area (Å²) >= 11 is 1.09. The van der Waals surface area contributed by atoms with Gasteiger partial charge in [0.25, 0.3) is 0 Å². The highest BCUT2D eigenvalue weighted by molar-refractivity contribution is 7.07. The van der Waals surface area contributed by atoms with Gasteiger partial charge in [-0.3, -0.25) is 4.79 Å². The number of ether oxygens (including phenoxy) is 1. The third-order valence-corrected chi connectivity index (χ3v) is 2.94. The largest absolute Gasteiger partial charge is 0.494 e. The smallest absolute Gasteiger partial charge is 0.307 e. The Hall–Kier alpha value is -1.62. The molecule has 0 bridgehead atoms. The van der Waals surface area contributed by atoms with Gasteiger partial charge in [0, 0.05) is 17.1 Å². The van der Waals surface area contributed by atoms with Crippen LogP contribution in [-0.2, 0) is 6.54 Å². The minimum absolute atomic E-state index is 0.0952. The number of nitrogens with zero attached hydrogens (tertiary/aromatic N) is 1. The molecule has 1 heterocycles. The number of rotatable bonds is 3. The lowest BCUT2D eigenvalue weighted by atomic mass is 10.2. The highest BCUT2D eigenvalue weighted by Crippen LogP contribution is 2.20. The maximum atomic E-state index is 13.8. The zero-order valence-corrected chi connectivity index (χ0v) is 9.46. The fraction of sp³-hybridized carbons (Fsp3) is 0.182. The molecule has 1 aromatic heterocycles. The molecule has 5 heteroatoms. The molecule has 1 aromatic carbocycles. The lowest BCUT2D eigenvalue weighted by Gasteiger charge is -2.07. The van der Waals surface area contributed by atoms with Gasteiger partial charge in [-0.05, 0) is 6.07 Å². The molecule has 0 saturated heterocycles. The van der Waals surface area contributed by atoms with E-state index in [1.807, 2.05) is 0 Å². The van der Waals surface area contributed by atoms with Crippen molar-refractivity contribution >= 4 is 11.3 Å². The summed E-state index contributed by atoms with van der Waals surface area (Å²) in [5, 5.41) is 1.68. The van der Waals surface area contributed by atoms with Gasteiger partial charge in [0.15, 0.2) is 11.6 Å². The van der Waals surface area contributed by atoms with Crippen molar-refractivity contribution in [1.82, 2.24) is 4.57 Å². The van der Waals surface area contributed by atoms with E-state index in [-0.39, 0.29) is 17.2 Å². The van der Waals surface area contributed by atoms with Gasteiger partial charge in [0.2, 0.25) is 0 Å². The van der Waals surface area contributed by atoms with Crippen molar-refractivity contribution in [3.05, 3.63) is 50.8 Å². The van der Waals surface area contributed by atoms with Crippen LogP contribution in [0, 0.1) is 5.82 Å². The first kappa shape index (κ1) is 10.9. The van der Waals surface area contributed by atoms with E-state index in [2.05, 4.69) is 0 Å². The summed E-state index contributed by atoms with van der Waals surface area (Å²) in [5.41, 5.74) is 0.444. The summed E-state index contributed by atoms with van der Waals surface area (Å²) in [7, 11) is 1.42. The Kier molecular flexibility index (Phi) is 3.05. The third-order valence-electron chi connectivity index (χ3n) is 2.25. The monoisotopic (exact) mass is 239 g/mol. The molecule has 0 aliphatic carbocycles. The Balaban J connectivity index is 2.35. The van der Waals surface area contributed by atoms with Gasteiger partial charge in [-0.15, -0.1) is 0 Å². The van der Waals surface area contributed by atoms with Crippen LogP contribution in [0.5, 0.6) is 5.75 Å². The number of methoxy groups -OCH3 is 1. The van der Waals surface area contributed by atoms with Crippen molar-refractivity contribution in [2.45, 2.75) is 6.54 Å². The fourth-order valence-corrected chi connectivity index (χ4v) is 2.01. The SMILES string of the molecule is COc1cccc(Cn2ccsc2=O)c1F. The first-order valence-corrected chi connectivity index (χ1v) is 5.55. The summed E-state index contributed by atoms with van der Waals surface area (Å²) in [6.07, 6.45) is 1.64. The second-order valence-electron chi connectivity index (χ2n) is 3.23. The van der Waals surface area contributed by atoms with E-state index in [9.17, 15) is 9.18 Å². The van der Waals surface area contributed by atoms with E-state index in [1.165, 1.54) is 11.7 Å². The van der Waals surface area contributed by atoms with E-state index >= 15 is 0 Å². The predicted octanol–water partition coefficient (Wildman–Crippen LogP) is 2.11. The molecule has 0 aliphatic rings. The molecule has 0 fully saturated rings. The number of thiazole rings is 1. The lowest BCUT2D eigenvalue weighted by molar-refractivity contribution is 0.383. The normalized spacial score (nSPS) is 10.4. The number of aromatic nitrogens is 1. The Bertz CT molecular complexity index is 547. The molecule has 0 aliphatic heterocycles. The molecule has 16 heavy (non-hydrogen) atoms. The highest BCUT2D eigenvalue weighted by atomic mass is 32.1. The minimum atomic E-state index is -0.414. The van der Waals surface area contributed by atoms with Crippen molar-refractivity contribution in [3.8, 4) is 5.75 Å². The van der Waals surface area contributed by atoms with Crippen LogP contribution in [0.15, 0.2) is 34.6 Å². The highest BCUT2D eigenvalue weighted by Gasteiger charge is 2.09. The molecule has 0 N–H and O–H groups in total. The van der Waals surface area contributed by atoms with Gasteiger partial charge in [-0.2, -0.15) is 0 Å². The summed E-state index contributed by atoms with van der Waals surface area (Å²) < 4.78 is 20.1. The second-order valence-corrected chi connectivity index (χ2v) is 4.09. The molecule has 2 aromatic rings. The van der Waals surface area contributed by atoms with Crippen molar-refractivity contribution in [2.75, 3.05) is 7.11 Å². The van der Waals surface area contributed by atoms with Gasteiger partial charge in [-0.25, -0.2) is 4.39 Å². The van der Waals surface area contributed by atoms with Crippen LogP contribution in [0.4, 0.5) is 4.39 Å². The maximum Gasteiger partial charge on any atom is 0.307 e. The van der Waals surface area contributed by atoms with Crippen LogP contribution >= 0.6 is 11.3 Å². The molecule has 0 atom stereocenters. The van der Waals surface area contributed by atoms with Crippen LogP contribution in [0.25, 0.3) is 0 Å². The third kappa shape index (κ3) is 1.99. The van der Waals surface area contributed by atoms with E-state index < -0.39 is 5.82 Å². The van der Waals surface area contributed by atoms with E-state index in [0.29, 0.717) is 5.56 Å².